The lowest BCUT2D eigenvalue weighted by Crippen LogP contribution is -2.44. The monoisotopic (exact) mass is 474 g/mol. The molecular formula is C23H30N4O5S. The summed E-state index contributed by atoms with van der Waals surface area (Å²) in [5.41, 5.74) is 5.48. The van der Waals surface area contributed by atoms with Crippen molar-refractivity contribution in [1.82, 2.24) is 14.5 Å². The smallest absolute Gasteiger partial charge is 0.248 e. The fourth-order valence-corrected chi connectivity index (χ4v) is 6.05. The van der Waals surface area contributed by atoms with Gasteiger partial charge in [0, 0.05) is 31.1 Å². The largest absolute Gasteiger partial charge is 0.468 e. The Hall–Kier alpha value is -2.69. The highest BCUT2D eigenvalue weighted by molar-refractivity contribution is 7.89. The Morgan fingerprint density at radius 1 is 1.06 bits per heavy atom. The number of nitrogens with zero attached hydrogens (tertiary/aromatic N) is 2. The first kappa shape index (κ1) is 23.5. The van der Waals surface area contributed by atoms with E-state index in [4.69, 9.17) is 10.2 Å². The Morgan fingerprint density at radius 2 is 1.73 bits per heavy atom. The first-order chi connectivity index (χ1) is 15.9. The van der Waals surface area contributed by atoms with E-state index in [1.54, 1.807) is 6.26 Å². The minimum Gasteiger partial charge on any atom is -0.468 e. The number of furan rings is 1. The maximum Gasteiger partial charge on any atom is 0.248 e. The van der Waals surface area contributed by atoms with Crippen LogP contribution in [0, 0.1) is 5.92 Å². The number of rotatable bonds is 8. The number of nitrogens with two attached hydrogens (primary N) is 1. The summed E-state index contributed by atoms with van der Waals surface area (Å²) >= 11 is 0. The second kappa shape index (κ2) is 10.1. The van der Waals surface area contributed by atoms with E-state index in [1.165, 1.54) is 28.6 Å². The molecule has 178 valence electrons. The van der Waals surface area contributed by atoms with Gasteiger partial charge in [0.15, 0.2) is 0 Å². The van der Waals surface area contributed by atoms with Crippen LogP contribution < -0.4 is 11.1 Å². The van der Waals surface area contributed by atoms with Gasteiger partial charge in [-0.15, -0.1) is 0 Å². The highest BCUT2D eigenvalue weighted by atomic mass is 32.2. The van der Waals surface area contributed by atoms with Gasteiger partial charge in [0.25, 0.3) is 0 Å². The molecule has 2 saturated heterocycles. The van der Waals surface area contributed by atoms with Gasteiger partial charge in [-0.25, -0.2) is 8.42 Å². The van der Waals surface area contributed by atoms with Crippen LogP contribution in [0.4, 0.5) is 0 Å². The minimum atomic E-state index is -3.69. The second-order valence-corrected chi connectivity index (χ2v) is 10.5. The normalized spacial score (nSPS) is 19.4. The Morgan fingerprint density at radius 3 is 2.30 bits per heavy atom. The predicted octanol–water partition coefficient (Wildman–Crippen LogP) is 1.73. The molecule has 10 heteroatoms. The summed E-state index contributed by atoms with van der Waals surface area (Å²) in [7, 11) is -3.69. The third-order valence-corrected chi connectivity index (χ3v) is 8.44. The van der Waals surface area contributed by atoms with Crippen LogP contribution in [-0.4, -0.2) is 62.2 Å². The standard InChI is InChI=1S/C23H30N4O5S/c24-22(28)17-5-7-19(8-6-17)33(30,31)27-13-9-18(10-14-27)23(29)25-16-20(21-4-3-15-32-21)26-11-1-2-12-26/h3-8,15,18,20H,1-2,9-14,16H2,(H2,24,28)(H,25,29)/t20-/m0/s1. The van der Waals surface area contributed by atoms with Gasteiger partial charge in [-0.2, -0.15) is 4.31 Å². The molecular weight excluding hydrogens is 444 g/mol. The van der Waals surface area contributed by atoms with Gasteiger partial charge in [0.1, 0.15) is 5.76 Å². The molecule has 1 aromatic carbocycles. The highest BCUT2D eigenvalue weighted by Crippen LogP contribution is 2.27. The van der Waals surface area contributed by atoms with Crippen molar-refractivity contribution in [2.75, 3.05) is 32.7 Å². The molecule has 2 aromatic rings. The average molecular weight is 475 g/mol. The Kier molecular flexibility index (Phi) is 7.16. The number of likely N-dealkylation sites (tertiary alicyclic amines) is 1. The molecule has 3 heterocycles. The lowest BCUT2D eigenvalue weighted by molar-refractivity contribution is -0.126. The summed E-state index contributed by atoms with van der Waals surface area (Å²) in [5.74, 6) is -0.0385. The van der Waals surface area contributed by atoms with E-state index in [0.29, 0.717) is 19.4 Å². The second-order valence-electron chi connectivity index (χ2n) is 8.59. The molecule has 2 fully saturated rings. The van der Waals surface area contributed by atoms with Gasteiger partial charge in [0.05, 0.1) is 17.2 Å². The summed E-state index contributed by atoms with van der Waals surface area (Å²) in [5, 5.41) is 3.07. The first-order valence-electron chi connectivity index (χ1n) is 11.3. The molecule has 2 amide bonds. The van der Waals surface area contributed by atoms with Crippen molar-refractivity contribution in [1.29, 1.82) is 0 Å². The van der Waals surface area contributed by atoms with Crippen LogP contribution in [0.15, 0.2) is 52.0 Å². The van der Waals surface area contributed by atoms with Crippen molar-refractivity contribution < 1.29 is 22.4 Å². The number of amides is 2. The zero-order valence-corrected chi connectivity index (χ0v) is 19.3. The van der Waals surface area contributed by atoms with Crippen LogP contribution in [0.5, 0.6) is 0 Å². The summed E-state index contributed by atoms with van der Waals surface area (Å²) in [6, 6.07) is 9.40. The third-order valence-electron chi connectivity index (χ3n) is 6.52. The quantitative estimate of drug-likeness (QED) is 0.600. The molecule has 9 nitrogen and oxygen atoms in total. The SMILES string of the molecule is NC(=O)c1ccc(S(=O)(=O)N2CCC(C(=O)NC[C@@H](c3ccco3)N3CCCC3)CC2)cc1. The van der Waals surface area contributed by atoms with Gasteiger partial charge in [-0.3, -0.25) is 14.5 Å². The average Bonchev–Trinajstić information content (AvgIpc) is 3.54. The van der Waals surface area contributed by atoms with Crippen LogP contribution in [0.1, 0.15) is 47.8 Å². The molecule has 0 aliphatic carbocycles. The number of piperidine rings is 1. The summed E-state index contributed by atoms with van der Waals surface area (Å²) in [6.45, 7) is 2.98. The zero-order chi connectivity index (χ0) is 23.4. The van der Waals surface area contributed by atoms with Gasteiger partial charge in [-0.1, -0.05) is 0 Å². The van der Waals surface area contributed by atoms with Crippen LogP contribution in [0.3, 0.4) is 0 Å². The van der Waals surface area contributed by atoms with Gasteiger partial charge < -0.3 is 15.5 Å². The molecule has 0 bridgehead atoms. The molecule has 0 spiro atoms. The van der Waals surface area contributed by atoms with E-state index in [1.807, 2.05) is 12.1 Å². The van der Waals surface area contributed by atoms with E-state index in [2.05, 4.69) is 10.2 Å². The number of sulfonamides is 1. The predicted molar refractivity (Wildman–Crippen MR) is 122 cm³/mol. The van der Waals surface area contributed by atoms with E-state index in [0.717, 1.165) is 31.7 Å². The molecule has 3 N–H and O–H groups in total. The number of carbonyl (C=O) groups excluding carboxylic acids is 2. The fourth-order valence-electron chi connectivity index (χ4n) is 4.58. The molecule has 0 unspecified atom stereocenters. The van der Waals surface area contributed by atoms with Gasteiger partial charge in [0.2, 0.25) is 21.8 Å². The van der Waals surface area contributed by atoms with E-state index in [-0.39, 0.29) is 41.4 Å². The van der Waals surface area contributed by atoms with Crippen molar-refractivity contribution in [3.63, 3.8) is 0 Å². The van der Waals surface area contributed by atoms with Crippen LogP contribution in [-0.2, 0) is 14.8 Å². The fraction of sp³-hybridized carbons (Fsp3) is 0.478. The maximum absolute atomic E-state index is 12.9. The summed E-state index contributed by atoms with van der Waals surface area (Å²) in [6.07, 6.45) is 4.85. The maximum atomic E-state index is 12.9. The zero-order valence-electron chi connectivity index (χ0n) is 18.5. The van der Waals surface area contributed by atoms with Crippen molar-refractivity contribution in [3.8, 4) is 0 Å². The van der Waals surface area contributed by atoms with Gasteiger partial charge in [-0.05, 0) is 75.2 Å². The molecule has 33 heavy (non-hydrogen) atoms. The molecule has 1 atom stereocenters. The minimum absolute atomic E-state index is 0.00953. The molecule has 0 saturated carbocycles. The molecule has 2 aliphatic rings. The number of benzene rings is 1. The Labute approximate surface area is 194 Å². The molecule has 2 aliphatic heterocycles. The van der Waals surface area contributed by atoms with Crippen molar-refractivity contribution in [2.24, 2.45) is 11.7 Å². The lowest BCUT2D eigenvalue weighted by atomic mass is 9.97. The van der Waals surface area contributed by atoms with E-state index < -0.39 is 15.9 Å². The number of carbonyl (C=O) groups is 2. The Balaban J connectivity index is 1.32. The molecule has 1 aromatic heterocycles. The first-order valence-corrected chi connectivity index (χ1v) is 12.8. The van der Waals surface area contributed by atoms with Gasteiger partial charge >= 0.3 is 0 Å². The highest BCUT2D eigenvalue weighted by Gasteiger charge is 2.33. The molecule has 4 rings (SSSR count). The van der Waals surface area contributed by atoms with Crippen LogP contribution in [0.2, 0.25) is 0 Å². The van der Waals surface area contributed by atoms with Crippen molar-refractivity contribution in [3.05, 3.63) is 54.0 Å². The lowest BCUT2D eigenvalue weighted by Gasteiger charge is -2.31. The number of hydrogen-bond donors (Lipinski definition) is 2. The van der Waals surface area contributed by atoms with Crippen molar-refractivity contribution in [2.45, 2.75) is 36.6 Å². The van der Waals surface area contributed by atoms with Crippen LogP contribution >= 0.6 is 0 Å². The number of nitrogens with one attached hydrogen (secondary N) is 1. The third kappa shape index (κ3) is 5.29. The van der Waals surface area contributed by atoms with Crippen molar-refractivity contribution >= 4 is 21.8 Å². The summed E-state index contributed by atoms with van der Waals surface area (Å²) in [4.78, 5) is 26.5. The Bertz CT molecular complexity index is 1050. The number of hydrogen-bond acceptors (Lipinski definition) is 6. The number of primary amides is 1. The topological polar surface area (TPSA) is 126 Å². The van der Waals surface area contributed by atoms with Crippen LogP contribution in [0.25, 0.3) is 0 Å². The molecule has 0 radical (unpaired) electrons. The summed E-state index contributed by atoms with van der Waals surface area (Å²) < 4.78 is 32.9. The van der Waals surface area contributed by atoms with E-state index in [9.17, 15) is 18.0 Å². The van der Waals surface area contributed by atoms with E-state index >= 15 is 0 Å².